The van der Waals surface area contributed by atoms with Crippen LogP contribution in [0.4, 0.5) is 5.95 Å². The molecule has 1 aromatic heterocycles. The third kappa shape index (κ3) is 2.91. The molecule has 6 heteroatoms. The number of hydrogen-bond acceptors (Lipinski definition) is 5. The fourth-order valence-corrected chi connectivity index (χ4v) is 1.83. The number of carboxylic acid groups (broad SMARTS) is 1. The van der Waals surface area contributed by atoms with Gasteiger partial charge in [-0.3, -0.25) is 0 Å². The zero-order chi connectivity index (χ0) is 12.3. The number of hydrogen-bond donors (Lipinski definition) is 2. The molecule has 0 aliphatic carbocycles. The normalized spacial score (nSPS) is 23.6. The fourth-order valence-electron chi connectivity index (χ4n) is 1.83. The predicted octanol–water partition coefficient (Wildman–Crippen LogP) is 1.01. The van der Waals surface area contributed by atoms with Crippen molar-refractivity contribution >= 4 is 11.9 Å². The number of aromatic carboxylic acids is 1. The van der Waals surface area contributed by atoms with Crippen LogP contribution in [0.1, 0.15) is 23.8 Å². The summed E-state index contributed by atoms with van der Waals surface area (Å²) in [5.41, 5.74) is -0.00165. The Morgan fingerprint density at radius 3 is 3.18 bits per heavy atom. The molecule has 1 aliphatic rings. The van der Waals surface area contributed by atoms with E-state index in [-0.39, 0.29) is 11.8 Å². The average molecular weight is 237 g/mol. The Bertz CT molecular complexity index is 411. The van der Waals surface area contributed by atoms with Gasteiger partial charge in [-0.25, -0.2) is 14.8 Å². The molecule has 92 valence electrons. The van der Waals surface area contributed by atoms with Crippen LogP contribution >= 0.6 is 0 Å². The molecular weight excluding hydrogens is 222 g/mol. The largest absolute Gasteiger partial charge is 0.477 e. The summed E-state index contributed by atoms with van der Waals surface area (Å²) in [4.78, 5) is 18.6. The first-order valence-corrected chi connectivity index (χ1v) is 5.58. The molecular formula is C11H15N3O3. The second-order valence-corrected chi connectivity index (χ2v) is 4.08. The van der Waals surface area contributed by atoms with E-state index < -0.39 is 5.97 Å². The van der Waals surface area contributed by atoms with E-state index in [9.17, 15) is 4.79 Å². The third-order valence-corrected chi connectivity index (χ3v) is 2.93. The van der Waals surface area contributed by atoms with Crippen molar-refractivity contribution in [3.63, 3.8) is 0 Å². The van der Waals surface area contributed by atoms with Crippen molar-refractivity contribution < 1.29 is 14.6 Å². The van der Waals surface area contributed by atoms with Crippen molar-refractivity contribution in [1.82, 2.24) is 9.97 Å². The first kappa shape index (κ1) is 11.8. The molecule has 0 saturated carbocycles. The smallest absolute Gasteiger partial charge is 0.354 e. The van der Waals surface area contributed by atoms with Crippen molar-refractivity contribution in [3.8, 4) is 0 Å². The zero-order valence-electron chi connectivity index (χ0n) is 9.59. The van der Waals surface area contributed by atoms with Crippen molar-refractivity contribution in [2.24, 2.45) is 5.92 Å². The molecule has 2 N–H and O–H groups in total. The number of carboxylic acids is 1. The number of aromatic nitrogens is 2. The molecule has 0 bridgehead atoms. The second-order valence-electron chi connectivity index (χ2n) is 4.08. The summed E-state index contributed by atoms with van der Waals surface area (Å²) in [5.74, 6) is -0.274. The Morgan fingerprint density at radius 2 is 2.53 bits per heavy atom. The van der Waals surface area contributed by atoms with Gasteiger partial charge in [-0.15, -0.1) is 0 Å². The zero-order valence-corrected chi connectivity index (χ0v) is 9.59. The van der Waals surface area contributed by atoms with Gasteiger partial charge in [-0.05, 0) is 19.4 Å². The minimum absolute atomic E-state index is 0.00165. The number of rotatable bonds is 4. The monoisotopic (exact) mass is 237 g/mol. The summed E-state index contributed by atoms with van der Waals surface area (Å²) >= 11 is 0. The van der Waals surface area contributed by atoms with Crippen LogP contribution in [0.2, 0.25) is 0 Å². The van der Waals surface area contributed by atoms with Gasteiger partial charge in [0.15, 0.2) is 5.69 Å². The summed E-state index contributed by atoms with van der Waals surface area (Å²) in [5, 5.41) is 11.8. The topological polar surface area (TPSA) is 84.3 Å². The minimum atomic E-state index is -1.05. The van der Waals surface area contributed by atoms with Crippen LogP contribution in [-0.4, -0.2) is 40.3 Å². The Labute approximate surface area is 99.0 Å². The van der Waals surface area contributed by atoms with E-state index in [0.717, 1.165) is 13.0 Å². The van der Waals surface area contributed by atoms with Gasteiger partial charge in [0.25, 0.3) is 0 Å². The number of carbonyl (C=O) groups is 1. The van der Waals surface area contributed by atoms with Crippen molar-refractivity contribution in [2.45, 2.75) is 19.4 Å². The maximum atomic E-state index is 10.7. The third-order valence-electron chi connectivity index (χ3n) is 2.93. The Hall–Kier alpha value is -1.69. The molecule has 2 unspecified atom stereocenters. The van der Waals surface area contributed by atoms with E-state index in [2.05, 4.69) is 15.3 Å². The second kappa shape index (κ2) is 5.09. The molecule has 1 saturated heterocycles. The van der Waals surface area contributed by atoms with Gasteiger partial charge in [0.1, 0.15) is 0 Å². The summed E-state index contributed by atoms with van der Waals surface area (Å²) in [6.07, 6.45) is 2.67. The first-order chi connectivity index (χ1) is 8.16. The Morgan fingerprint density at radius 1 is 1.71 bits per heavy atom. The Kier molecular flexibility index (Phi) is 3.53. The average Bonchev–Trinajstić information content (AvgIpc) is 2.72. The van der Waals surface area contributed by atoms with Gasteiger partial charge in [0.2, 0.25) is 5.95 Å². The summed E-state index contributed by atoms with van der Waals surface area (Å²) in [7, 11) is 0. The fraction of sp³-hybridized carbons (Fsp3) is 0.545. The van der Waals surface area contributed by atoms with Crippen molar-refractivity contribution in [1.29, 1.82) is 0 Å². The quantitative estimate of drug-likeness (QED) is 0.813. The highest BCUT2D eigenvalue weighted by Gasteiger charge is 2.24. The van der Waals surface area contributed by atoms with Gasteiger partial charge in [-0.1, -0.05) is 0 Å². The number of nitrogens with one attached hydrogen (secondary N) is 1. The van der Waals surface area contributed by atoms with Crippen LogP contribution in [0.5, 0.6) is 0 Å². The van der Waals surface area contributed by atoms with E-state index in [0.29, 0.717) is 18.4 Å². The highest BCUT2D eigenvalue weighted by atomic mass is 16.5. The van der Waals surface area contributed by atoms with Crippen LogP contribution in [-0.2, 0) is 4.74 Å². The Balaban J connectivity index is 1.94. The number of anilines is 1. The molecule has 0 aromatic carbocycles. The van der Waals surface area contributed by atoms with Crippen molar-refractivity contribution in [2.75, 3.05) is 18.5 Å². The van der Waals surface area contributed by atoms with Gasteiger partial charge < -0.3 is 15.2 Å². The van der Waals surface area contributed by atoms with Gasteiger partial charge in [-0.2, -0.15) is 0 Å². The lowest BCUT2D eigenvalue weighted by Crippen LogP contribution is -2.21. The first-order valence-electron chi connectivity index (χ1n) is 5.58. The van der Waals surface area contributed by atoms with E-state index in [4.69, 9.17) is 9.84 Å². The van der Waals surface area contributed by atoms with E-state index in [1.165, 1.54) is 12.3 Å². The van der Waals surface area contributed by atoms with E-state index in [1.54, 1.807) is 0 Å². The number of nitrogens with zero attached hydrogens (tertiary/aromatic N) is 2. The van der Waals surface area contributed by atoms with E-state index >= 15 is 0 Å². The standard InChI is InChI=1S/C11H15N3O3/c1-7-8(3-5-17-7)6-13-11-12-4-2-9(14-11)10(15)16/h2,4,7-8H,3,5-6H2,1H3,(H,15,16)(H,12,13,14). The van der Waals surface area contributed by atoms with Crippen LogP contribution in [0.3, 0.4) is 0 Å². The van der Waals surface area contributed by atoms with Gasteiger partial charge in [0.05, 0.1) is 6.10 Å². The van der Waals surface area contributed by atoms with Crippen molar-refractivity contribution in [3.05, 3.63) is 18.0 Å². The molecule has 1 aliphatic heterocycles. The summed E-state index contributed by atoms with van der Waals surface area (Å²) in [6, 6.07) is 1.37. The lowest BCUT2D eigenvalue weighted by molar-refractivity contribution is 0.0690. The van der Waals surface area contributed by atoms with Gasteiger partial charge >= 0.3 is 5.97 Å². The predicted molar refractivity (Wildman–Crippen MR) is 61.0 cm³/mol. The molecule has 1 aromatic rings. The van der Waals surface area contributed by atoms with Gasteiger partial charge in [0, 0.05) is 25.3 Å². The number of ether oxygens (including phenoxy) is 1. The maximum absolute atomic E-state index is 10.7. The molecule has 1 fully saturated rings. The molecule has 2 rings (SSSR count). The van der Waals surface area contributed by atoms with Crippen LogP contribution in [0.25, 0.3) is 0 Å². The molecule has 2 atom stereocenters. The van der Waals surface area contributed by atoms with Crippen LogP contribution < -0.4 is 5.32 Å². The van der Waals surface area contributed by atoms with E-state index in [1.807, 2.05) is 6.92 Å². The highest BCUT2D eigenvalue weighted by molar-refractivity contribution is 5.85. The lowest BCUT2D eigenvalue weighted by atomic mass is 10.0. The molecule has 0 radical (unpaired) electrons. The maximum Gasteiger partial charge on any atom is 0.354 e. The lowest BCUT2D eigenvalue weighted by Gasteiger charge is -2.14. The molecule has 17 heavy (non-hydrogen) atoms. The highest BCUT2D eigenvalue weighted by Crippen LogP contribution is 2.20. The summed E-state index contributed by atoms with van der Waals surface area (Å²) in [6.45, 7) is 3.52. The molecule has 6 nitrogen and oxygen atoms in total. The SMILES string of the molecule is CC1OCCC1CNc1nccc(C(=O)O)n1. The molecule has 0 amide bonds. The molecule has 0 spiro atoms. The van der Waals surface area contributed by atoms with Crippen LogP contribution in [0, 0.1) is 5.92 Å². The molecule has 2 heterocycles. The minimum Gasteiger partial charge on any atom is -0.477 e. The van der Waals surface area contributed by atoms with Crippen LogP contribution in [0.15, 0.2) is 12.3 Å². The summed E-state index contributed by atoms with van der Waals surface area (Å²) < 4.78 is 5.44.